The zero-order chi connectivity index (χ0) is 19.9. The highest BCUT2D eigenvalue weighted by Crippen LogP contribution is 2.21. The molecule has 2 aromatic rings. The van der Waals surface area contributed by atoms with Crippen LogP contribution in [-0.4, -0.2) is 66.0 Å². The molecule has 0 bridgehead atoms. The molecule has 28 heavy (non-hydrogen) atoms. The van der Waals surface area contributed by atoms with Crippen molar-refractivity contribution in [1.82, 2.24) is 19.8 Å². The maximum absolute atomic E-state index is 12.6. The predicted octanol–water partition coefficient (Wildman–Crippen LogP) is 2.82. The van der Waals surface area contributed by atoms with Crippen LogP contribution in [0.3, 0.4) is 0 Å². The first-order chi connectivity index (χ1) is 13.6. The van der Waals surface area contributed by atoms with Crippen LogP contribution in [0.15, 0.2) is 36.7 Å². The van der Waals surface area contributed by atoms with E-state index in [9.17, 15) is 4.79 Å². The number of rotatable bonds is 7. The molecule has 6 nitrogen and oxygen atoms in total. The summed E-state index contributed by atoms with van der Waals surface area (Å²) in [6, 6.07) is 8.22. The van der Waals surface area contributed by atoms with Gasteiger partial charge in [-0.1, -0.05) is 18.2 Å². The molecule has 0 radical (unpaired) electrons. The Kier molecular flexibility index (Phi) is 6.98. The summed E-state index contributed by atoms with van der Waals surface area (Å²) >= 11 is 0. The minimum absolute atomic E-state index is 0.00820. The Morgan fingerprint density at radius 3 is 2.79 bits per heavy atom. The molecule has 6 heteroatoms. The van der Waals surface area contributed by atoms with Gasteiger partial charge in [0.15, 0.2) is 0 Å². The number of aromatic nitrogens is 2. The minimum atomic E-state index is -0.00820. The molecular weight excluding hydrogens is 352 g/mol. The van der Waals surface area contributed by atoms with Crippen molar-refractivity contribution in [2.75, 3.05) is 40.3 Å². The van der Waals surface area contributed by atoms with E-state index in [4.69, 9.17) is 4.74 Å². The third kappa shape index (κ3) is 5.29. The Balaban J connectivity index is 1.51. The van der Waals surface area contributed by atoms with Crippen molar-refractivity contribution in [2.24, 2.45) is 5.92 Å². The average molecular weight is 383 g/mol. The lowest BCUT2D eigenvalue weighted by Crippen LogP contribution is -2.42. The van der Waals surface area contributed by atoms with Crippen molar-refractivity contribution in [3.05, 3.63) is 53.6 Å². The van der Waals surface area contributed by atoms with E-state index in [0.29, 0.717) is 17.3 Å². The summed E-state index contributed by atoms with van der Waals surface area (Å²) in [5, 5.41) is 0. The minimum Gasteiger partial charge on any atom is -0.496 e. The Hall–Kier alpha value is -2.47. The van der Waals surface area contributed by atoms with Crippen molar-refractivity contribution in [3.8, 4) is 5.75 Å². The lowest BCUT2D eigenvalue weighted by Gasteiger charge is -2.34. The molecule has 1 atom stereocenters. The smallest absolute Gasteiger partial charge is 0.256 e. The van der Waals surface area contributed by atoms with Gasteiger partial charge in [-0.15, -0.1) is 0 Å². The van der Waals surface area contributed by atoms with Gasteiger partial charge in [0.25, 0.3) is 5.91 Å². The number of hydrogen-bond acceptors (Lipinski definition) is 5. The molecule has 1 aromatic carbocycles. The van der Waals surface area contributed by atoms with Crippen LogP contribution in [0.4, 0.5) is 0 Å². The van der Waals surface area contributed by atoms with E-state index in [1.807, 2.05) is 31.0 Å². The van der Waals surface area contributed by atoms with Gasteiger partial charge in [0.2, 0.25) is 0 Å². The molecular formula is C22H30N4O2. The predicted molar refractivity (Wildman–Crippen MR) is 110 cm³/mol. The molecule has 3 rings (SSSR count). The van der Waals surface area contributed by atoms with Gasteiger partial charge in [-0.25, -0.2) is 9.97 Å². The number of amides is 1. The van der Waals surface area contributed by atoms with Crippen LogP contribution in [0.25, 0.3) is 0 Å². The number of benzene rings is 1. The van der Waals surface area contributed by atoms with Crippen molar-refractivity contribution in [3.63, 3.8) is 0 Å². The molecule has 1 aliphatic rings. The van der Waals surface area contributed by atoms with Crippen LogP contribution >= 0.6 is 0 Å². The van der Waals surface area contributed by atoms with Gasteiger partial charge in [-0.2, -0.15) is 0 Å². The standard InChI is InChI=1S/C22H30N4O2/c1-17-23-13-20(14-24-17)22(27)25(2)15-18-7-6-11-26(16-18)12-10-19-8-4-5-9-21(19)28-3/h4-5,8-9,13-14,18H,6-7,10-12,15-16H2,1-3H3/t18-/m0/s1. The van der Waals surface area contributed by atoms with Crippen molar-refractivity contribution >= 4 is 5.91 Å². The first kappa shape index (κ1) is 20.3. The number of likely N-dealkylation sites (tertiary alicyclic amines) is 1. The highest BCUT2D eigenvalue weighted by atomic mass is 16.5. The molecule has 0 saturated carbocycles. The molecule has 1 amide bonds. The van der Waals surface area contributed by atoms with E-state index in [0.717, 1.165) is 44.8 Å². The number of ether oxygens (including phenoxy) is 1. The zero-order valence-electron chi connectivity index (χ0n) is 17.1. The second-order valence-electron chi connectivity index (χ2n) is 7.58. The van der Waals surface area contributed by atoms with Gasteiger partial charge in [0.1, 0.15) is 11.6 Å². The maximum Gasteiger partial charge on any atom is 0.256 e. The fourth-order valence-corrected chi connectivity index (χ4v) is 3.89. The van der Waals surface area contributed by atoms with E-state index < -0.39 is 0 Å². The monoisotopic (exact) mass is 382 g/mol. The summed E-state index contributed by atoms with van der Waals surface area (Å²) in [5.74, 6) is 2.12. The second kappa shape index (κ2) is 9.64. The molecule has 1 saturated heterocycles. The van der Waals surface area contributed by atoms with Crippen molar-refractivity contribution in [2.45, 2.75) is 26.2 Å². The van der Waals surface area contributed by atoms with Crippen LogP contribution in [0.2, 0.25) is 0 Å². The van der Waals surface area contributed by atoms with Crippen LogP contribution in [0.1, 0.15) is 34.6 Å². The van der Waals surface area contributed by atoms with Crippen LogP contribution in [0.5, 0.6) is 5.75 Å². The number of para-hydroxylation sites is 1. The molecule has 0 N–H and O–H groups in total. The van der Waals surface area contributed by atoms with Gasteiger partial charge in [-0.3, -0.25) is 4.79 Å². The highest BCUT2D eigenvalue weighted by molar-refractivity contribution is 5.93. The quantitative estimate of drug-likeness (QED) is 0.737. The molecule has 0 unspecified atom stereocenters. The summed E-state index contributed by atoms with van der Waals surface area (Å²) < 4.78 is 5.46. The molecule has 0 spiro atoms. The van der Waals surface area contributed by atoms with E-state index in [2.05, 4.69) is 27.0 Å². The Morgan fingerprint density at radius 1 is 1.29 bits per heavy atom. The second-order valence-corrected chi connectivity index (χ2v) is 7.58. The first-order valence-electron chi connectivity index (χ1n) is 9.95. The van der Waals surface area contributed by atoms with Gasteiger partial charge >= 0.3 is 0 Å². The first-order valence-corrected chi connectivity index (χ1v) is 9.95. The van der Waals surface area contributed by atoms with Gasteiger partial charge < -0.3 is 14.5 Å². The van der Waals surface area contributed by atoms with Crippen LogP contribution < -0.4 is 4.74 Å². The number of hydrogen-bond donors (Lipinski definition) is 0. The topological polar surface area (TPSA) is 58.6 Å². The summed E-state index contributed by atoms with van der Waals surface area (Å²) in [5.41, 5.74) is 1.80. The van der Waals surface area contributed by atoms with Gasteiger partial charge in [-0.05, 0) is 50.3 Å². The molecule has 1 aliphatic heterocycles. The van der Waals surface area contributed by atoms with Crippen molar-refractivity contribution < 1.29 is 9.53 Å². The van der Waals surface area contributed by atoms with Gasteiger partial charge in [0.05, 0.1) is 12.7 Å². The Labute approximate surface area is 167 Å². The number of carbonyl (C=O) groups excluding carboxylic acids is 1. The number of nitrogens with zero attached hydrogens (tertiary/aromatic N) is 4. The lowest BCUT2D eigenvalue weighted by molar-refractivity contribution is 0.0729. The fraction of sp³-hybridized carbons (Fsp3) is 0.500. The molecule has 0 aliphatic carbocycles. The van der Waals surface area contributed by atoms with Gasteiger partial charge in [0, 0.05) is 39.1 Å². The van der Waals surface area contributed by atoms with E-state index in [1.54, 1.807) is 19.5 Å². The lowest BCUT2D eigenvalue weighted by atomic mass is 9.97. The normalized spacial score (nSPS) is 17.3. The largest absolute Gasteiger partial charge is 0.496 e. The number of aryl methyl sites for hydroxylation is 1. The van der Waals surface area contributed by atoms with Crippen LogP contribution in [-0.2, 0) is 6.42 Å². The van der Waals surface area contributed by atoms with Crippen LogP contribution in [0, 0.1) is 12.8 Å². The zero-order valence-corrected chi connectivity index (χ0v) is 17.1. The molecule has 1 fully saturated rings. The average Bonchev–Trinajstić information content (AvgIpc) is 2.72. The maximum atomic E-state index is 12.6. The van der Waals surface area contributed by atoms with E-state index in [1.165, 1.54) is 12.0 Å². The number of carbonyl (C=O) groups is 1. The summed E-state index contributed by atoms with van der Waals surface area (Å²) in [6.07, 6.45) is 6.54. The Bertz CT molecular complexity index is 778. The number of piperidine rings is 1. The Morgan fingerprint density at radius 2 is 2.04 bits per heavy atom. The highest BCUT2D eigenvalue weighted by Gasteiger charge is 2.23. The van der Waals surface area contributed by atoms with E-state index >= 15 is 0 Å². The summed E-state index contributed by atoms with van der Waals surface area (Å²) in [4.78, 5) is 25.2. The SMILES string of the molecule is COc1ccccc1CCN1CCC[C@@H](CN(C)C(=O)c2cnc(C)nc2)C1. The van der Waals surface area contributed by atoms with Crippen molar-refractivity contribution in [1.29, 1.82) is 0 Å². The number of methoxy groups -OCH3 is 1. The third-order valence-electron chi connectivity index (χ3n) is 5.40. The summed E-state index contributed by atoms with van der Waals surface area (Å²) in [7, 11) is 3.59. The van der Waals surface area contributed by atoms with E-state index in [-0.39, 0.29) is 5.91 Å². The third-order valence-corrected chi connectivity index (χ3v) is 5.40. The molecule has 150 valence electrons. The summed E-state index contributed by atoms with van der Waals surface area (Å²) in [6.45, 7) is 5.74. The molecule has 2 heterocycles. The molecule has 1 aromatic heterocycles. The fourth-order valence-electron chi connectivity index (χ4n) is 3.89.